The lowest BCUT2D eigenvalue weighted by Gasteiger charge is -2.20. The molecular formula is C24H25FN4O5. The monoisotopic (exact) mass is 468 g/mol. The molecule has 1 aliphatic rings. The Kier molecular flexibility index (Phi) is 7.96. The first-order chi connectivity index (χ1) is 16.4. The molecule has 9 nitrogen and oxygen atoms in total. The van der Waals surface area contributed by atoms with Crippen molar-refractivity contribution in [3.63, 3.8) is 0 Å². The number of benzene rings is 1. The average Bonchev–Trinajstić information content (AvgIpc) is 3.05. The van der Waals surface area contributed by atoms with Crippen molar-refractivity contribution in [1.82, 2.24) is 20.0 Å². The number of aldehydes is 1. The fraction of sp³-hybridized carbons (Fsp3) is 0.250. The molecular weight excluding hydrogens is 443 g/mol. The fourth-order valence-corrected chi connectivity index (χ4v) is 3.56. The van der Waals surface area contributed by atoms with Crippen LogP contribution in [-0.4, -0.2) is 53.5 Å². The largest absolute Gasteiger partial charge is 0.497 e. The molecule has 0 unspecified atom stereocenters. The number of nitrogens with zero attached hydrogens (tertiary/aromatic N) is 3. The Morgan fingerprint density at radius 3 is 2.59 bits per heavy atom. The van der Waals surface area contributed by atoms with E-state index in [9.17, 15) is 18.9 Å². The summed E-state index contributed by atoms with van der Waals surface area (Å²) in [6.07, 6.45) is 8.92. The minimum atomic E-state index is -1.27. The van der Waals surface area contributed by atoms with Gasteiger partial charge in [0, 0.05) is 42.0 Å². The maximum atomic E-state index is 12.8. The van der Waals surface area contributed by atoms with Crippen molar-refractivity contribution in [2.75, 3.05) is 20.7 Å². The highest BCUT2D eigenvalue weighted by molar-refractivity contribution is 5.92. The molecule has 1 aromatic heterocycles. The predicted octanol–water partition coefficient (Wildman–Crippen LogP) is 3.07. The van der Waals surface area contributed by atoms with Crippen LogP contribution in [0, 0.1) is 0 Å². The number of ether oxygens (including phenoxy) is 1. The predicted molar refractivity (Wildman–Crippen MR) is 122 cm³/mol. The zero-order chi connectivity index (χ0) is 24.7. The number of amides is 1. The van der Waals surface area contributed by atoms with Crippen molar-refractivity contribution in [3.05, 3.63) is 76.9 Å². The van der Waals surface area contributed by atoms with Crippen molar-refractivity contribution >= 4 is 18.2 Å². The van der Waals surface area contributed by atoms with Gasteiger partial charge in [-0.15, -0.1) is 0 Å². The van der Waals surface area contributed by atoms with Crippen molar-refractivity contribution in [3.8, 4) is 11.4 Å². The minimum Gasteiger partial charge on any atom is -0.497 e. The molecule has 0 fully saturated rings. The molecule has 0 saturated carbocycles. The molecule has 1 N–H and O–H groups in total. The second-order valence-electron chi connectivity index (χ2n) is 7.51. The van der Waals surface area contributed by atoms with Crippen LogP contribution in [0.4, 0.5) is 4.53 Å². The Morgan fingerprint density at radius 2 is 1.97 bits per heavy atom. The quantitative estimate of drug-likeness (QED) is 0.564. The summed E-state index contributed by atoms with van der Waals surface area (Å²) >= 11 is 0. The van der Waals surface area contributed by atoms with Gasteiger partial charge in [-0.25, -0.2) is 14.4 Å². The molecule has 34 heavy (non-hydrogen) atoms. The number of rotatable bonds is 9. The highest BCUT2D eigenvalue weighted by Crippen LogP contribution is 2.22. The van der Waals surface area contributed by atoms with Crippen LogP contribution in [0.3, 0.4) is 0 Å². The third-order valence-electron chi connectivity index (χ3n) is 5.27. The Morgan fingerprint density at radius 1 is 1.24 bits per heavy atom. The number of aromatic nitrogens is 2. The first-order valence-corrected chi connectivity index (χ1v) is 10.5. The third kappa shape index (κ3) is 5.58. The van der Waals surface area contributed by atoms with Crippen molar-refractivity contribution in [2.45, 2.75) is 19.8 Å². The number of methoxy groups -OCH3 is 1. The average molecular weight is 468 g/mol. The first-order valence-electron chi connectivity index (χ1n) is 10.5. The molecule has 1 heterocycles. The van der Waals surface area contributed by atoms with Crippen molar-refractivity contribution < 1.29 is 28.6 Å². The summed E-state index contributed by atoms with van der Waals surface area (Å²) in [6, 6.07) is 6.70. The van der Waals surface area contributed by atoms with Crippen LogP contribution < -0.4 is 10.1 Å². The third-order valence-corrected chi connectivity index (χ3v) is 5.27. The number of carbonyl (C=O) groups is 3. The second kappa shape index (κ2) is 11.1. The molecule has 1 amide bonds. The highest BCUT2D eigenvalue weighted by Gasteiger charge is 2.25. The van der Waals surface area contributed by atoms with Crippen molar-refractivity contribution in [1.29, 1.82) is 0 Å². The highest BCUT2D eigenvalue weighted by atomic mass is 19.3. The molecule has 1 aliphatic carbocycles. The van der Waals surface area contributed by atoms with E-state index in [1.165, 1.54) is 18.7 Å². The molecule has 178 valence electrons. The Bertz CT molecular complexity index is 1160. The molecule has 1 aromatic carbocycles. The van der Waals surface area contributed by atoms with Gasteiger partial charge in [0.15, 0.2) is 12.0 Å². The summed E-state index contributed by atoms with van der Waals surface area (Å²) in [5, 5.41) is 6.90. The van der Waals surface area contributed by atoms with Crippen molar-refractivity contribution in [2.24, 2.45) is 0 Å². The van der Waals surface area contributed by atoms with Crippen LogP contribution in [0.2, 0.25) is 0 Å². The normalized spacial score (nSPS) is 12.8. The summed E-state index contributed by atoms with van der Waals surface area (Å²) < 4.78 is 19.2. The van der Waals surface area contributed by atoms with E-state index in [0.29, 0.717) is 36.4 Å². The smallest absolute Gasteiger partial charge is 0.399 e. The van der Waals surface area contributed by atoms with E-state index in [0.717, 1.165) is 5.70 Å². The zero-order valence-electron chi connectivity index (χ0n) is 19.1. The molecule has 0 radical (unpaired) electrons. The van der Waals surface area contributed by atoms with E-state index in [4.69, 9.17) is 4.74 Å². The lowest BCUT2D eigenvalue weighted by molar-refractivity contribution is -0.118. The van der Waals surface area contributed by atoms with Crippen LogP contribution in [0.1, 0.15) is 39.9 Å². The molecule has 0 spiro atoms. The SMILES string of the molecule is COc1ccc(-n2nc(C(=O)OF)c(CCN(C)C3=CCC=C(NC(C)=O)C=C3)c2C=O)cc1. The van der Waals surface area contributed by atoms with Crippen LogP contribution in [0.15, 0.2) is 60.0 Å². The summed E-state index contributed by atoms with van der Waals surface area (Å²) in [5.74, 6) is -0.823. The van der Waals surface area contributed by atoms with E-state index in [2.05, 4.69) is 15.4 Å². The number of hydrogen-bond acceptors (Lipinski definition) is 7. The second-order valence-corrected chi connectivity index (χ2v) is 7.51. The van der Waals surface area contributed by atoms with Gasteiger partial charge >= 0.3 is 5.97 Å². The minimum absolute atomic E-state index is 0.124. The maximum Gasteiger partial charge on any atom is 0.399 e. The fourth-order valence-electron chi connectivity index (χ4n) is 3.56. The van der Waals surface area contributed by atoms with Crippen LogP contribution in [0.5, 0.6) is 5.75 Å². The number of carbonyl (C=O) groups excluding carboxylic acids is 3. The first kappa shape index (κ1) is 24.4. The molecule has 10 heteroatoms. The van der Waals surface area contributed by atoms with Gasteiger partial charge in [0.2, 0.25) is 5.91 Å². The molecule has 0 saturated heterocycles. The molecule has 0 atom stereocenters. The van der Waals surface area contributed by atoms with E-state index < -0.39 is 5.97 Å². The number of hydrogen-bond donors (Lipinski definition) is 1. The maximum absolute atomic E-state index is 12.8. The summed E-state index contributed by atoms with van der Waals surface area (Å²) in [7, 11) is 3.38. The number of likely N-dealkylation sites (N-methyl/N-ethyl adjacent to an activating group) is 1. The van der Waals surface area contributed by atoms with Gasteiger partial charge in [0.05, 0.1) is 12.8 Å². The summed E-state index contributed by atoms with van der Waals surface area (Å²) in [5.41, 5.74) is 2.20. The van der Waals surface area contributed by atoms with Crippen LogP contribution >= 0.6 is 0 Å². The van der Waals surface area contributed by atoms with Gasteiger partial charge in [-0.05, 0) is 49.3 Å². The standard InChI is InChI=1S/C24H25FN4O5/c1-16(31)26-17-5-4-6-18(8-7-17)28(2)14-13-21-22(15-30)29(27-23(21)24(32)34-25)19-9-11-20(33-3)12-10-19/h5-12,15H,4,13-14H2,1-3H3,(H,26,31). The lowest BCUT2D eigenvalue weighted by atomic mass is 10.1. The van der Waals surface area contributed by atoms with Gasteiger partial charge in [-0.1, -0.05) is 12.2 Å². The summed E-state index contributed by atoms with van der Waals surface area (Å²) in [4.78, 5) is 40.7. The van der Waals surface area contributed by atoms with E-state index in [-0.39, 0.29) is 29.3 Å². The molecule has 0 aliphatic heterocycles. The van der Waals surface area contributed by atoms with E-state index >= 15 is 0 Å². The van der Waals surface area contributed by atoms with Crippen LogP contribution in [0.25, 0.3) is 5.69 Å². The molecule has 3 rings (SSSR count). The lowest BCUT2D eigenvalue weighted by Crippen LogP contribution is -2.21. The zero-order valence-corrected chi connectivity index (χ0v) is 19.1. The van der Waals surface area contributed by atoms with Gasteiger partial charge in [0.1, 0.15) is 11.4 Å². The summed E-state index contributed by atoms with van der Waals surface area (Å²) in [6.45, 7) is 1.84. The number of nitrogens with one attached hydrogen (secondary N) is 1. The van der Waals surface area contributed by atoms with Crippen LogP contribution in [-0.2, 0) is 16.2 Å². The topological polar surface area (TPSA) is 103 Å². The Labute approximate surface area is 196 Å². The Balaban J connectivity index is 1.85. The number of allylic oxidation sites excluding steroid dienone is 4. The van der Waals surface area contributed by atoms with Gasteiger partial charge in [-0.2, -0.15) is 5.10 Å². The van der Waals surface area contributed by atoms with Gasteiger partial charge in [-0.3, -0.25) is 9.59 Å². The van der Waals surface area contributed by atoms with E-state index in [1.54, 1.807) is 30.3 Å². The molecule has 2 aromatic rings. The Hall–Kier alpha value is -4.21. The van der Waals surface area contributed by atoms with Gasteiger partial charge in [0.25, 0.3) is 0 Å². The number of halogens is 1. The van der Waals surface area contributed by atoms with Gasteiger partial charge < -0.3 is 15.0 Å². The van der Waals surface area contributed by atoms with E-state index in [1.807, 2.05) is 30.2 Å². The molecule has 0 bridgehead atoms.